The molecule has 0 aliphatic carbocycles. The van der Waals surface area contributed by atoms with Gasteiger partial charge in [0.2, 0.25) is 5.90 Å². The first-order valence-electron chi connectivity index (χ1n) is 8.20. The molecule has 26 heavy (non-hydrogen) atoms. The van der Waals surface area contributed by atoms with Crippen molar-refractivity contribution in [2.75, 3.05) is 20.2 Å². The summed E-state index contributed by atoms with van der Waals surface area (Å²) < 4.78 is 5.75. The molecule has 0 saturated heterocycles. The van der Waals surface area contributed by atoms with Crippen LogP contribution in [0.3, 0.4) is 0 Å². The molecule has 0 radical (unpaired) electrons. The standard InChI is InChI=1S/C20H19N3O3/c1-21-20(24)23(25)12-6-8-15-7-5-11-17(13-15)19-22-18(14-26-19)16-9-3-2-4-10-16/h2-5,7,9-11,13,18,25H,12,14H2,1H3,(H,21,24)/t18-/m0/s1. The summed E-state index contributed by atoms with van der Waals surface area (Å²) in [6.45, 7) is 0.429. The average molecular weight is 349 g/mol. The molecule has 2 aromatic carbocycles. The maximum Gasteiger partial charge on any atom is 0.341 e. The quantitative estimate of drug-likeness (QED) is 0.508. The summed E-state index contributed by atoms with van der Waals surface area (Å²) in [6.07, 6.45) is 0. The molecule has 1 heterocycles. The lowest BCUT2D eigenvalue weighted by atomic mass is 10.1. The Kier molecular flexibility index (Phi) is 5.52. The Bertz CT molecular complexity index is 869. The third-order valence-corrected chi connectivity index (χ3v) is 3.85. The van der Waals surface area contributed by atoms with E-state index in [0.717, 1.165) is 16.7 Å². The van der Waals surface area contributed by atoms with Crippen LogP contribution in [0.15, 0.2) is 59.6 Å². The molecule has 0 bridgehead atoms. The molecule has 0 unspecified atom stereocenters. The van der Waals surface area contributed by atoms with Crippen LogP contribution in [0.1, 0.15) is 22.7 Å². The van der Waals surface area contributed by atoms with E-state index < -0.39 is 6.03 Å². The minimum Gasteiger partial charge on any atom is -0.475 e. The molecule has 132 valence electrons. The van der Waals surface area contributed by atoms with E-state index in [4.69, 9.17) is 4.74 Å². The Hall–Kier alpha value is -3.30. The highest BCUT2D eigenvalue weighted by Crippen LogP contribution is 2.25. The van der Waals surface area contributed by atoms with E-state index in [2.05, 4.69) is 22.2 Å². The van der Waals surface area contributed by atoms with Crippen LogP contribution >= 0.6 is 0 Å². The monoisotopic (exact) mass is 349 g/mol. The number of aliphatic imine (C=N–C) groups is 1. The van der Waals surface area contributed by atoms with E-state index in [1.165, 1.54) is 7.05 Å². The third kappa shape index (κ3) is 4.21. The van der Waals surface area contributed by atoms with E-state index >= 15 is 0 Å². The van der Waals surface area contributed by atoms with Crippen LogP contribution in [0.25, 0.3) is 0 Å². The summed E-state index contributed by atoms with van der Waals surface area (Å²) in [5, 5.41) is 12.3. The summed E-state index contributed by atoms with van der Waals surface area (Å²) in [5.41, 5.74) is 2.72. The average Bonchev–Trinajstić information content (AvgIpc) is 3.18. The van der Waals surface area contributed by atoms with Gasteiger partial charge in [-0.2, -0.15) is 5.06 Å². The number of rotatable bonds is 3. The molecule has 0 fully saturated rings. The van der Waals surface area contributed by atoms with Gasteiger partial charge in [-0.15, -0.1) is 0 Å². The van der Waals surface area contributed by atoms with E-state index in [9.17, 15) is 10.0 Å². The fourth-order valence-electron chi connectivity index (χ4n) is 2.53. The number of hydrogen-bond acceptors (Lipinski definition) is 4. The van der Waals surface area contributed by atoms with E-state index in [-0.39, 0.29) is 12.6 Å². The van der Waals surface area contributed by atoms with Gasteiger partial charge in [0.15, 0.2) is 0 Å². The van der Waals surface area contributed by atoms with Gasteiger partial charge in [-0.3, -0.25) is 5.21 Å². The Morgan fingerprint density at radius 3 is 2.88 bits per heavy atom. The molecule has 1 atom stereocenters. The summed E-state index contributed by atoms with van der Waals surface area (Å²) in [5.74, 6) is 6.27. The molecule has 0 aromatic heterocycles. The van der Waals surface area contributed by atoms with Gasteiger partial charge in [0.05, 0.1) is 0 Å². The lowest BCUT2D eigenvalue weighted by molar-refractivity contribution is -0.0301. The zero-order valence-electron chi connectivity index (χ0n) is 14.3. The second-order valence-electron chi connectivity index (χ2n) is 5.67. The maximum absolute atomic E-state index is 11.2. The molecule has 6 heteroatoms. The van der Waals surface area contributed by atoms with Crippen LogP contribution in [-0.4, -0.2) is 42.4 Å². The fourth-order valence-corrected chi connectivity index (χ4v) is 2.53. The highest BCUT2D eigenvalue weighted by Gasteiger charge is 2.21. The number of hydrogen-bond donors (Lipinski definition) is 2. The summed E-state index contributed by atoms with van der Waals surface area (Å²) in [4.78, 5) is 15.9. The topological polar surface area (TPSA) is 74.2 Å². The number of urea groups is 1. The first-order valence-corrected chi connectivity index (χ1v) is 8.20. The van der Waals surface area contributed by atoms with Crippen LogP contribution in [0, 0.1) is 11.8 Å². The predicted octanol–water partition coefficient (Wildman–Crippen LogP) is 2.59. The number of nitrogens with one attached hydrogen (secondary N) is 1. The Morgan fingerprint density at radius 2 is 2.12 bits per heavy atom. The number of carbonyl (C=O) groups excluding carboxylic acids is 1. The lowest BCUT2D eigenvalue weighted by Crippen LogP contribution is -2.35. The molecule has 2 aromatic rings. The summed E-state index contributed by atoms with van der Waals surface area (Å²) >= 11 is 0. The van der Waals surface area contributed by atoms with E-state index in [1.807, 2.05) is 54.6 Å². The van der Waals surface area contributed by atoms with E-state index in [0.29, 0.717) is 17.6 Å². The van der Waals surface area contributed by atoms with Crippen LogP contribution < -0.4 is 5.32 Å². The zero-order valence-corrected chi connectivity index (χ0v) is 14.3. The number of carbonyl (C=O) groups is 1. The number of ether oxygens (including phenoxy) is 1. The molecular weight excluding hydrogens is 330 g/mol. The minimum atomic E-state index is -0.603. The molecule has 6 nitrogen and oxygen atoms in total. The molecule has 0 saturated carbocycles. The first-order chi connectivity index (χ1) is 12.7. The first kappa shape index (κ1) is 17.5. The van der Waals surface area contributed by atoms with Crippen LogP contribution in [0.2, 0.25) is 0 Å². The minimum absolute atomic E-state index is 0.00329. The van der Waals surface area contributed by atoms with Crippen molar-refractivity contribution in [1.29, 1.82) is 0 Å². The predicted molar refractivity (Wildman–Crippen MR) is 97.9 cm³/mol. The van der Waals surface area contributed by atoms with Crippen LogP contribution in [-0.2, 0) is 4.74 Å². The second kappa shape index (κ2) is 8.19. The molecule has 1 aliphatic heterocycles. The van der Waals surface area contributed by atoms with Gasteiger partial charge in [-0.25, -0.2) is 9.79 Å². The lowest BCUT2D eigenvalue weighted by Gasteiger charge is -2.09. The van der Waals surface area contributed by atoms with Gasteiger partial charge >= 0.3 is 6.03 Å². The molecule has 2 amide bonds. The highest BCUT2D eigenvalue weighted by molar-refractivity contribution is 5.95. The van der Waals surface area contributed by atoms with Gasteiger partial charge in [0, 0.05) is 18.2 Å². The van der Waals surface area contributed by atoms with Gasteiger partial charge in [0.1, 0.15) is 19.2 Å². The van der Waals surface area contributed by atoms with Crippen molar-refractivity contribution in [2.24, 2.45) is 4.99 Å². The molecule has 0 spiro atoms. The van der Waals surface area contributed by atoms with E-state index in [1.54, 1.807) is 0 Å². The Labute approximate surface area is 152 Å². The van der Waals surface area contributed by atoms with Crippen molar-refractivity contribution >= 4 is 11.9 Å². The van der Waals surface area contributed by atoms with Crippen LogP contribution in [0.5, 0.6) is 0 Å². The van der Waals surface area contributed by atoms with Crippen molar-refractivity contribution in [2.45, 2.75) is 6.04 Å². The SMILES string of the molecule is CNC(=O)N(O)CC#Cc1cccc(C2=N[C@H](c3ccccc3)CO2)c1. The second-order valence-corrected chi connectivity index (χ2v) is 5.67. The summed E-state index contributed by atoms with van der Waals surface area (Å²) in [6, 6.07) is 16.9. The third-order valence-electron chi connectivity index (χ3n) is 3.85. The largest absolute Gasteiger partial charge is 0.475 e. The Morgan fingerprint density at radius 1 is 1.31 bits per heavy atom. The summed E-state index contributed by atoms with van der Waals surface area (Å²) in [7, 11) is 1.44. The fraction of sp³-hybridized carbons (Fsp3) is 0.200. The van der Waals surface area contributed by atoms with Gasteiger partial charge < -0.3 is 10.1 Å². The molecule has 2 N–H and O–H groups in total. The number of amides is 2. The number of nitrogens with zero attached hydrogens (tertiary/aromatic N) is 2. The molecular formula is C20H19N3O3. The zero-order chi connectivity index (χ0) is 18.4. The number of benzene rings is 2. The molecule has 3 rings (SSSR count). The van der Waals surface area contributed by atoms with Gasteiger partial charge in [-0.05, 0) is 23.8 Å². The highest BCUT2D eigenvalue weighted by atomic mass is 16.5. The molecule has 1 aliphatic rings. The van der Waals surface area contributed by atoms with Gasteiger partial charge in [-0.1, -0.05) is 48.2 Å². The van der Waals surface area contributed by atoms with Gasteiger partial charge in [0.25, 0.3) is 0 Å². The van der Waals surface area contributed by atoms with Crippen molar-refractivity contribution in [3.05, 3.63) is 71.3 Å². The van der Waals surface area contributed by atoms with Crippen molar-refractivity contribution in [3.63, 3.8) is 0 Å². The Balaban J connectivity index is 1.71. The smallest absolute Gasteiger partial charge is 0.341 e. The van der Waals surface area contributed by atoms with Crippen LogP contribution in [0.4, 0.5) is 4.79 Å². The number of hydroxylamine groups is 2. The normalized spacial score (nSPS) is 15.3. The van der Waals surface area contributed by atoms with Crippen molar-refractivity contribution < 1.29 is 14.7 Å². The van der Waals surface area contributed by atoms with Crippen molar-refractivity contribution in [1.82, 2.24) is 10.4 Å². The maximum atomic E-state index is 11.2. The van der Waals surface area contributed by atoms with Crippen molar-refractivity contribution in [3.8, 4) is 11.8 Å².